The van der Waals surface area contributed by atoms with Gasteiger partial charge in [-0.15, -0.1) is 0 Å². The Kier molecular flexibility index (Phi) is 4.59. The molecular formula is C22H23NO5. The maximum atomic E-state index is 12.9. The second-order valence-electron chi connectivity index (χ2n) is 7.47. The van der Waals surface area contributed by atoms with Crippen LogP contribution in [0.2, 0.25) is 0 Å². The van der Waals surface area contributed by atoms with Gasteiger partial charge in [-0.05, 0) is 36.1 Å². The number of rotatable bonds is 3. The third-order valence-electron chi connectivity index (χ3n) is 5.49. The molecule has 1 amide bonds. The Morgan fingerprint density at radius 2 is 1.64 bits per heavy atom. The molecule has 0 saturated carbocycles. The highest BCUT2D eigenvalue weighted by Gasteiger charge is 2.49. The minimum atomic E-state index is -0.943. The van der Waals surface area contributed by atoms with Crippen molar-refractivity contribution in [2.45, 2.75) is 31.5 Å². The number of carbonyl (C=O) groups is 2. The van der Waals surface area contributed by atoms with E-state index in [0.29, 0.717) is 0 Å². The Labute approximate surface area is 164 Å². The van der Waals surface area contributed by atoms with Gasteiger partial charge in [-0.2, -0.15) is 0 Å². The van der Waals surface area contributed by atoms with E-state index in [0.717, 1.165) is 22.3 Å². The fourth-order valence-electron chi connectivity index (χ4n) is 4.12. The van der Waals surface area contributed by atoms with Gasteiger partial charge >= 0.3 is 12.1 Å². The normalized spacial score (nSPS) is 19.8. The highest BCUT2D eigenvalue weighted by atomic mass is 16.6. The number of ether oxygens (including phenoxy) is 3. The molecule has 6 heteroatoms. The second kappa shape index (κ2) is 6.95. The molecule has 4 rings (SSSR count). The molecule has 1 atom stereocenters. The molecular weight excluding hydrogens is 358 g/mol. The van der Waals surface area contributed by atoms with Gasteiger partial charge in [-0.25, -0.2) is 9.59 Å². The second-order valence-corrected chi connectivity index (χ2v) is 7.47. The lowest BCUT2D eigenvalue weighted by Gasteiger charge is -2.32. The molecule has 1 unspecified atom stereocenters. The average Bonchev–Trinajstić information content (AvgIpc) is 3.20. The van der Waals surface area contributed by atoms with Gasteiger partial charge in [-0.1, -0.05) is 48.5 Å². The monoisotopic (exact) mass is 381 g/mol. The van der Waals surface area contributed by atoms with E-state index >= 15 is 0 Å². The zero-order valence-corrected chi connectivity index (χ0v) is 16.2. The van der Waals surface area contributed by atoms with Crippen molar-refractivity contribution in [2.75, 3.05) is 20.3 Å². The largest absolute Gasteiger partial charge is 0.467 e. The predicted octanol–water partition coefficient (Wildman–Crippen LogP) is 3.55. The van der Waals surface area contributed by atoms with E-state index in [2.05, 4.69) is 24.3 Å². The highest BCUT2D eigenvalue weighted by Crippen LogP contribution is 2.44. The van der Waals surface area contributed by atoms with Crippen LogP contribution in [-0.4, -0.2) is 49.1 Å². The highest BCUT2D eigenvalue weighted by molar-refractivity contribution is 5.83. The van der Waals surface area contributed by atoms with Gasteiger partial charge in [0.05, 0.1) is 13.7 Å². The number of fused-ring (bicyclic) bond motifs is 3. The molecule has 0 aromatic heterocycles. The van der Waals surface area contributed by atoms with Gasteiger partial charge in [0.1, 0.15) is 12.3 Å². The van der Waals surface area contributed by atoms with Crippen molar-refractivity contribution in [2.24, 2.45) is 0 Å². The van der Waals surface area contributed by atoms with Crippen molar-refractivity contribution in [3.05, 3.63) is 59.7 Å². The first-order valence-corrected chi connectivity index (χ1v) is 9.30. The number of benzene rings is 2. The van der Waals surface area contributed by atoms with Crippen LogP contribution in [-0.2, 0) is 19.0 Å². The molecule has 1 saturated heterocycles. The van der Waals surface area contributed by atoms with E-state index in [1.165, 1.54) is 12.0 Å². The van der Waals surface area contributed by atoms with E-state index in [1.807, 2.05) is 24.3 Å². The first kappa shape index (κ1) is 18.5. The Morgan fingerprint density at radius 3 is 2.21 bits per heavy atom. The number of hydrogen-bond acceptors (Lipinski definition) is 5. The van der Waals surface area contributed by atoms with Crippen molar-refractivity contribution in [1.29, 1.82) is 0 Å². The molecule has 0 spiro atoms. The van der Waals surface area contributed by atoms with Crippen LogP contribution in [0.25, 0.3) is 11.1 Å². The predicted molar refractivity (Wildman–Crippen MR) is 103 cm³/mol. The zero-order valence-electron chi connectivity index (χ0n) is 16.2. The summed E-state index contributed by atoms with van der Waals surface area (Å²) in [5.74, 6) is -0.557. The molecule has 1 heterocycles. The molecule has 28 heavy (non-hydrogen) atoms. The van der Waals surface area contributed by atoms with Crippen LogP contribution >= 0.6 is 0 Å². The molecule has 6 nitrogen and oxygen atoms in total. The molecule has 146 valence electrons. The van der Waals surface area contributed by atoms with Gasteiger partial charge in [0, 0.05) is 5.92 Å². The topological polar surface area (TPSA) is 65.1 Å². The minimum absolute atomic E-state index is 0.0421. The lowest BCUT2D eigenvalue weighted by Crippen LogP contribution is -2.51. The smallest absolute Gasteiger partial charge is 0.412 e. The van der Waals surface area contributed by atoms with Crippen molar-refractivity contribution < 1.29 is 23.8 Å². The summed E-state index contributed by atoms with van der Waals surface area (Å²) in [4.78, 5) is 26.3. The molecule has 2 aromatic carbocycles. The number of carbonyl (C=O) groups excluding carboxylic acids is 2. The van der Waals surface area contributed by atoms with Gasteiger partial charge < -0.3 is 14.2 Å². The van der Waals surface area contributed by atoms with Crippen LogP contribution in [0.3, 0.4) is 0 Å². The quantitative estimate of drug-likeness (QED) is 0.761. The molecule has 1 aliphatic heterocycles. The number of amides is 1. The van der Waals surface area contributed by atoms with Gasteiger partial charge in [0.25, 0.3) is 0 Å². The summed E-state index contributed by atoms with van der Waals surface area (Å²) >= 11 is 0. The summed E-state index contributed by atoms with van der Waals surface area (Å²) in [6.45, 7) is 3.74. The van der Waals surface area contributed by atoms with Crippen LogP contribution in [0.5, 0.6) is 0 Å². The van der Waals surface area contributed by atoms with E-state index in [-0.39, 0.29) is 19.1 Å². The molecule has 0 radical (unpaired) electrons. The number of hydrogen-bond donors (Lipinski definition) is 0. The van der Waals surface area contributed by atoms with E-state index in [4.69, 9.17) is 14.2 Å². The van der Waals surface area contributed by atoms with E-state index < -0.39 is 23.8 Å². The molecule has 2 aliphatic rings. The molecule has 0 N–H and O–H groups in total. The average molecular weight is 381 g/mol. The zero-order chi connectivity index (χ0) is 19.9. The molecule has 1 aliphatic carbocycles. The first-order valence-electron chi connectivity index (χ1n) is 9.30. The summed E-state index contributed by atoms with van der Waals surface area (Å²) in [5.41, 5.74) is 3.66. The minimum Gasteiger partial charge on any atom is -0.467 e. The number of methoxy groups -OCH3 is 1. The van der Waals surface area contributed by atoms with Crippen LogP contribution in [0.1, 0.15) is 30.9 Å². The van der Waals surface area contributed by atoms with Crippen molar-refractivity contribution in [1.82, 2.24) is 4.90 Å². The van der Waals surface area contributed by atoms with Gasteiger partial charge in [0.2, 0.25) is 0 Å². The summed E-state index contributed by atoms with van der Waals surface area (Å²) in [7, 11) is 1.30. The summed E-state index contributed by atoms with van der Waals surface area (Å²) in [6.07, 6.45) is -0.584. The van der Waals surface area contributed by atoms with Gasteiger partial charge in [0.15, 0.2) is 6.04 Å². The van der Waals surface area contributed by atoms with E-state index in [1.54, 1.807) is 13.8 Å². The van der Waals surface area contributed by atoms with E-state index in [9.17, 15) is 9.59 Å². The fraction of sp³-hybridized carbons (Fsp3) is 0.364. The van der Waals surface area contributed by atoms with Crippen molar-refractivity contribution in [3.63, 3.8) is 0 Å². The third-order valence-corrected chi connectivity index (χ3v) is 5.49. The van der Waals surface area contributed by atoms with Crippen molar-refractivity contribution in [3.8, 4) is 11.1 Å². The molecule has 2 aromatic rings. The molecule has 1 fully saturated rings. The SMILES string of the molecule is COC(=O)C1COC(C)(C)N1C(=O)OCC1c2ccccc2-c2ccccc21. The van der Waals surface area contributed by atoms with Crippen LogP contribution in [0.4, 0.5) is 4.79 Å². The number of esters is 1. The van der Waals surface area contributed by atoms with Crippen LogP contribution < -0.4 is 0 Å². The van der Waals surface area contributed by atoms with Crippen LogP contribution in [0.15, 0.2) is 48.5 Å². The van der Waals surface area contributed by atoms with Crippen molar-refractivity contribution >= 4 is 12.1 Å². The summed E-state index contributed by atoms with van der Waals surface area (Å²) in [5, 5.41) is 0. The molecule has 0 bridgehead atoms. The Balaban J connectivity index is 1.56. The maximum Gasteiger partial charge on any atom is 0.412 e. The number of nitrogens with zero attached hydrogens (tertiary/aromatic N) is 1. The van der Waals surface area contributed by atoms with Crippen LogP contribution in [0, 0.1) is 0 Å². The lowest BCUT2D eigenvalue weighted by molar-refractivity contribution is -0.146. The standard InChI is InChI=1S/C22H23NO5/c1-22(2)23(19(13-28-22)20(24)26-3)21(25)27-12-18-16-10-6-4-8-14(16)15-9-5-7-11-17(15)18/h4-11,18-19H,12-13H2,1-3H3. The Hall–Kier alpha value is -2.86. The van der Waals surface area contributed by atoms with Gasteiger partial charge in [-0.3, -0.25) is 4.90 Å². The fourth-order valence-corrected chi connectivity index (χ4v) is 4.12. The lowest BCUT2D eigenvalue weighted by atomic mass is 9.98. The first-order chi connectivity index (χ1) is 13.4. The Morgan fingerprint density at radius 1 is 1.07 bits per heavy atom. The Bertz CT molecular complexity index is 877. The third kappa shape index (κ3) is 2.94. The maximum absolute atomic E-state index is 12.9. The summed E-state index contributed by atoms with van der Waals surface area (Å²) < 4.78 is 16.1. The summed E-state index contributed by atoms with van der Waals surface area (Å²) in [6, 6.07) is 15.5.